The van der Waals surface area contributed by atoms with Gasteiger partial charge in [0.1, 0.15) is 5.82 Å². The fourth-order valence-corrected chi connectivity index (χ4v) is 2.88. The maximum Gasteiger partial charge on any atom is 0.123 e. The smallest absolute Gasteiger partial charge is 0.123 e. The molecule has 1 fully saturated rings. The molecule has 1 aliphatic heterocycles. The van der Waals surface area contributed by atoms with Gasteiger partial charge in [0, 0.05) is 24.8 Å². The van der Waals surface area contributed by atoms with Crippen molar-refractivity contribution in [1.29, 1.82) is 0 Å². The molecule has 0 aliphatic carbocycles. The van der Waals surface area contributed by atoms with Crippen molar-refractivity contribution in [2.75, 3.05) is 18.1 Å². The summed E-state index contributed by atoms with van der Waals surface area (Å²) in [5.41, 5.74) is 2.01. The Kier molecular flexibility index (Phi) is 5.00. The predicted molar refractivity (Wildman–Crippen MR) is 80.4 cm³/mol. The van der Waals surface area contributed by atoms with Crippen LogP contribution in [0.3, 0.4) is 0 Å². The number of nitrogens with one attached hydrogen (secondary N) is 1. The maximum absolute atomic E-state index is 13.5. The first-order valence-electron chi connectivity index (χ1n) is 7.42. The van der Waals surface area contributed by atoms with Crippen molar-refractivity contribution in [3.63, 3.8) is 0 Å². The molecule has 2 unspecified atom stereocenters. The Bertz CT molecular complexity index is 450. The normalized spacial score (nSPS) is 22.8. The van der Waals surface area contributed by atoms with E-state index >= 15 is 0 Å². The lowest BCUT2D eigenvalue weighted by molar-refractivity contribution is 0.244. The maximum atomic E-state index is 13.5. The molecule has 2 rings (SSSR count). The number of aliphatic hydroxyl groups is 1. The summed E-state index contributed by atoms with van der Waals surface area (Å²) >= 11 is 0. The van der Waals surface area contributed by atoms with Crippen LogP contribution in [0.4, 0.5) is 10.1 Å². The Balaban J connectivity index is 2.26. The van der Waals surface area contributed by atoms with E-state index in [1.54, 1.807) is 6.07 Å². The zero-order valence-corrected chi connectivity index (χ0v) is 12.6. The number of hydrogen-bond acceptors (Lipinski definition) is 3. The lowest BCUT2D eigenvalue weighted by Gasteiger charge is -2.29. The lowest BCUT2D eigenvalue weighted by atomic mass is 10.0. The highest BCUT2D eigenvalue weighted by Gasteiger charge is 2.31. The Morgan fingerprint density at radius 1 is 1.45 bits per heavy atom. The van der Waals surface area contributed by atoms with Gasteiger partial charge in [-0.15, -0.1) is 0 Å². The minimum absolute atomic E-state index is 0.137. The van der Waals surface area contributed by atoms with Crippen LogP contribution in [0.2, 0.25) is 0 Å². The molecule has 1 heterocycles. The van der Waals surface area contributed by atoms with E-state index in [1.807, 2.05) is 6.07 Å². The molecule has 20 heavy (non-hydrogen) atoms. The molecule has 0 amide bonds. The number of anilines is 1. The van der Waals surface area contributed by atoms with E-state index in [9.17, 15) is 9.50 Å². The van der Waals surface area contributed by atoms with Gasteiger partial charge >= 0.3 is 0 Å². The molecule has 0 spiro atoms. The zero-order chi connectivity index (χ0) is 14.7. The van der Waals surface area contributed by atoms with E-state index in [0.717, 1.165) is 24.2 Å². The van der Waals surface area contributed by atoms with Crippen LogP contribution >= 0.6 is 0 Å². The molecule has 1 saturated heterocycles. The van der Waals surface area contributed by atoms with Crippen LogP contribution in [0.5, 0.6) is 0 Å². The molecule has 0 radical (unpaired) electrons. The van der Waals surface area contributed by atoms with Gasteiger partial charge in [-0.2, -0.15) is 0 Å². The topological polar surface area (TPSA) is 35.5 Å². The summed E-state index contributed by atoms with van der Waals surface area (Å²) in [7, 11) is 0. The zero-order valence-electron chi connectivity index (χ0n) is 12.6. The molecule has 4 heteroatoms. The first-order chi connectivity index (χ1) is 9.52. The lowest BCUT2D eigenvalue weighted by Crippen LogP contribution is -2.36. The minimum Gasteiger partial charge on any atom is -0.394 e. The van der Waals surface area contributed by atoms with Gasteiger partial charge in [0.15, 0.2) is 0 Å². The van der Waals surface area contributed by atoms with Crippen molar-refractivity contribution in [2.45, 2.75) is 45.8 Å². The van der Waals surface area contributed by atoms with Crippen molar-refractivity contribution in [1.82, 2.24) is 5.32 Å². The number of halogens is 1. The number of nitrogens with zero attached hydrogens (tertiary/aromatic N) is 1. The third kappa shape index (κ3) is 3.30. The van der Waals surface area contributed by atoms with Crippen LogP contribution < -0.4 is 10.2 Å². The van der Waals surface area contributed by atoms with Crippen molar-refractivity contribution in [2.24, 2.45) is 5.92 Å². The van der Waals surface area contributed by atoms with E-state index in [4.69, 9.17) is 0 Å². The Morgan fingerprint density at radius 3 is 2.85 bits per heavy atom. The molecule has 2 N–H and O–H groups in total. The molecule has 0 aromatic heterocycles. The van der Waals surface area contributed by atoms with Gasteiger partial charge in [0.25, 0.3) is 0 Å². The molecular weight excluding hydrogens is 255 g/mol. The first kappa shape index (κ1) is 15.3. The fraction of sp³-hybridized carbons (Fsp3) is 0.625. The summed E-state index contributed by atoms with van der Waals surface area (Å²) in [6, 6.07) is 5.44. The van der Waals surface area contributed by atoms with E-state index in [0.29, 0.717) is 18.5 Å². The SMILES string of the molecule is CC(C)NCc1cc(F)ccc1N1CCC(C)C1CO. The van der Waals surface area contributed by atoms with Crippen molar-refractivity contribution in [3.8, 4) is 0 Å². The molecule has 1 aromatic rings. The molecule has 112 valence electrons. The summed E-state index contributed by atoms with van der Waals surface area (Å²) in [5.74, 6) is 0.262. The summed E-state index contributed by atoms with van der Waals surface area (Å²) < 4.78 is 13.5. The average Bonchev–Trinajstić information content (AvgIpc) is 2.77. The summed E-state index contributed by atoms with van der Waals surface area (Å²) in [4.78, 5) is 2.22. The van der Waals surface area contributed by atoms with Crippen LogP contribution in [-0.4, -0.2) is 30.3 Å². The van der Waals surface area contributed by atoms with E-state index in [-0.39, 0.29) is 18.5 Å². The molecule has 3 nitrogen and oxygen atoms in total. The molecule has 0 bridgehead atoms. The Hall–Kier alpha value is -1.13. The highest BCUT2D eigenvalue weighted by Crippen LogP contribution is 2.32. The van der Waals surface area contributed by atoms with Crippen LogP contribution in [-0.2, 0) is 6.54 Å². The van der Waals surface area contributed by atoms with Gasteiger partial charge < -0.3 is 15.3 Å². The highest BCUT2D eigenvalue weighted by atomic mass is 19.1. The monoisotopic (exact) mass is 280 g/mol. The summed E-state index contributed by atoms with van der Waals surface area (Å²) in [5, 5.41) is 12.9. The second-order valence-corrected chi connectivity index (χ2v) is 6.02. The number of benzene rings is 1. The van der Waals surface area contributed by atoms with Gasteiger partial charge in [-0.05, 0) is 36.1 Å². The van der Waals surface area contributed by atoms with Gasteiger partial charge in [-0.25, -0.2) is 4.39 Å². The first-order valence-corrected chi connectivity index (χ1v) is 7.42. The third-order valence-electron chi connectivity index (χ3n) is 4.12. The van der Waals surface area contributed by atoms with Crippen molar-refractivity contribution >= 4 is 5.69 Å². The van der Waals surface area contributed by atoms with Crippen LogP contribution in [0, 0.1) is 11.7 Å². The van der Waals surface area contributed by atoms with Gasteiger partial charge in [-0.3, -0.25) is 0 Å². The molecule has 0 saturated carbocycles. The predicted octanol–water partition coefficient (Wildman–Crippen LogP) is 2.53. The third-order valence-corrected chi connectivity index (χ3v) is 4.12. The quantitative estimate of drug-likeness (QED) is 0.870. The fourth-order valence-electron chi connectivity index (χ4n) is 2.88. The van der Waals surface area contributed by atoms with Gasteiger partial charge in [-0.1, -0.05) is 20.8 Å². The molecule has 2 atom stereocenters. The molecular formula is C16H25FN2O. The second kappa shape index (κ2) is 6.55. The standard InChI is InChI=1S/C16H25FN2O/c1-11(2)18-9-13-8-14(17)4-5-15(13)19-7-6-12(3)16(19)10-20/h4-5,8,11-12,16,18,20H,6-7,9-10H2,1-3H3. The van der Waals surface area contributed by atoms with Crippen LogP contribution in [0.25, 0.3) is 0 Å². The molecule has 1 aliphatic rings. The van der Waals surface area contributed by atoms with Gasteiger partial charge in [0.2, 0.25) is 0 Å². The number of rotatable bonds is 5. The van der Waals surface area contributed by atoms with Crippen molar-refractivity contribution < 1.29 is 9.50 Å². The number of aliphatic hydroxyl groups excluding tert-OH is 1. The summed E-state index contributed by atoms with van der Waals surface area (Å²) in [6.45, 7) is 8.04. The minimum atomic E-state index is -0.206. The van der Waals surface area contributed by atoms with Crippen LogP contribution in [0.15, 0.2) is 18.2 Å². The highest BCUT2D eigenvalue weighted by molar-refractivity contribution is 5.55. The molecule has 1 aromatic carbocycles. The Labute approximate surface area is 120 Å². The van der Waals surface area contributed by atoms with E-state index in [1.165, 1.54) is 6.07 Å². The Morgan fingerprint density at radius 2 is 2.20 bits per heavy atom. The van der Waals surface area contributed by atoms with Gasteiger partial charge in [0.05, 0.1) is 12.6 Å². The van der Waals surface area contributed by atoms with Crippen molar-refractivity contribution in [3.05, 3.63) is 29.6 Å². The second-order valence-electron chi connectivity index (χ2n) is 6.02. The van der Waals surface area contributed by atoms with E-state index < -0.39 is 0 Å². The number of hydrogen-bond donors (Lipinski definition) is 2. The largest absolute Gasteiger partial charge is 0.394 e. The average molecular weight is 280 g/mol. The summed E-state index contributed by atoms with van der Waals surface area (Å²) in [6.07, 6.45) is 1.07. The van der Waals surface area contributed by atoms with Crippen LogP contribution in [0.1, 0.15) is 32.8 Å². The van der Waals surface area contributed by atoms with E-state index in [2.05, 4.69) is 31.0 Å².